The lowest BCUT2D eigenvalue weighted by Gasteiger charge is -2.12. The van der Waals surface area contributed by atoms with Crippen LogP contribution in [0, 0.1) is 0 Å². The van der Waals surface area contributed by atoms with Gasteiger partial charge in [-0.05, 0) is 30.2 Å². The fourth-order valence-electron chi connectivity index (χ4n) is 2.71. The third kappa shape index (κ3) is 6.46. The largest absolute Gasteiger partial charge is 0.492 e. The first-order valence-corrected chi connectivity index (χ1v) is 9.57. The standard InChI is InChI=1S/C22H27N5O/c1-2-24-22(25-13-15-28-21-6-4-3-5-7-21)26-16-19-8-10-20(11-9-19)17-27-14-12-23-18-27/h3-12,14,18H,2,13,15-17H2,1H3,(H2,24,25,26). The third-order valence-electron chi connectivity index (χ3n) is 4.12. The van der Waals surface area contributed by atoms with E-state index < -0.39 is 0 Å². The smallest absolute Gasteiger partial charge is 0.191 e. The van der Waals surface area contributed by atoms with Gasteiger partial charge in [0, 0.05) is 25.5 Å². The first kappa shape index (κ1) is 19.5. The van der Waals surface area contributed by atoms with Gasteiger partial charge in [0.15, 0.2) is 5.96 Å². The number of hydrogen-bond donors (Lipinski definition) is 2. The van der Waals surface area contributed by atoms with Crippen LogP contribution in [0.25, 0.3) is 0 Å². The van der Waals surface area contributed by atoms with Crippen molar-refractivity contribution in [1.82, 2.24) is 20.2 Å². The van der Waals surface area contributed by atoms with Crippen LogP contribution in [0.1, 0.15) is 18.1 Å². The third-order valence-corrected chi connectivity index (χ3v) is 4.12. The van der Waals surface area contributed by atoms with Crippen molar-refractivity contribution >= 4 is 5.96 Å². The highest BCUT2D eigenvalue weighted by molar-refractivity contribution is 5.79. The molecule has 3 rings (SSSR count). The highest BCUT2D eigenvalue weighted by Crippen LogP contribution is 2.08. The maximum atomic E-state index is 5.70. The monoisotopic (exact) mass is 377 g/mol. The molecule has 0 saturated heterocycles. The molecule has 1 aromatic heterocycles. The number of nitrogens with zero attached hydrogens (tertiary/aromatic N) is 3. The van der Waals surface area contributed by atoms with Crippen molar-refractivity contribution in [3.8, 4) is 5.75 Å². The first-order valence-electron chi connectivity index (χ1n) is 9.57. The number of aliphatic imine (C=N–C) groups is 1. The van der Waals surface area contributed by atoms with Crippen LogP contribution in [0.4, 0.5) is 0 Å². The van der Waals surface area contributed by atoms with E-state index in [9.17, 15) is 0 Å². The van der Waals surface area contributed by atoms with E-state index in [1.54, 1.807) is 6.20 Å². The molecule has 2 N–H and O–H groups in total. The summed E-state index contributed by atoms with van der Waals surface area (Å²) >= 11 is 0. The molecule has 0 unspecified atom stereocenters. The first-order chi connectivity index (χ1) is 13.8. The van der Waals surface area contributed by atoms with Crippen LogP contribution in [0.2, 0.25) is 0 Å². The summed E-state index contributed by atoms with van der Waals surface area (Å²) in [6.07, 6.45) is 5.59. The van der Waals surface area contributed by atoms with Crippen LogP contribution < -0.4 is 15.4 Å². The van der Waals surface area contributed by atoms with Crippen LogP contribution in [0.5, 0.6) is 5.75 Å². The Kier molecular flexibility index (Phi) is 7.49. The zero-order valence-corrected chi connectivity index (χ0v) is 16.2. The molecule has 28 heavy (non-hydrogen) atoms. The van der Waals surface area contributed by atoms with E-state index in [1.807, 2.05) is 42.9 Å². The SMILES string of the molecule is CCNC(=NCc1ccc(Cn2ccnc2)cc1)NCCOc1ccccc1. The van der Waals surface area contributed by atoms with Crippen molar-refractivity contribution in [2.75, 3.05) is 19.7 Å². The molecular formula is C22H27N5O. The van der Waals surface area contributed by atoms with Crippen LogP contribution in [0.3, 0.4) is 0 Å². The lowest BCUT2D eigenvalue weighted by Crippen LogP contribution is -2.39. The molecule has 3 aromatic rings. The molecule has 6 nitrogen and oxygen atoms in total. The van der Waals surface area contributed by atoms with Crippen LogP contribution in [-0.2, 0) is 13.1 Å². The van der Waals surface area contributed by atoms with E-state index in [1.165, 1.54) is 11.1 Å². The number of rotatable bonds is 9. The maximum Gasteiger partial charge on any atom is 0.191 e. The van der Waals surface area contributed by atoms with Crippen LogP contribution in [0.15, 0.2) is 78.3 Å². The van der Waals surface area contributed by atoms with Gasteiger partial charge >= 0.3 is 0 Å². The number of para-hydroxylation sites is 1. The summed E-state index contributed by atoms with van der Waals surface area (Å²) in [5.74, 6) is 1.67. The number of imidazole rings is 1. The predicted molar refractivity (Wildman–Crippen MR) is 113 cm³/mol. The van der Waals surface area contributed by atoms with Gasteiger partial charge in [0.2, 0.25) is 0 Å². The van der Waals surface area contributed by atoms with Crippen molar-refractivity contribution in [3.05, 3.63) is 84.4 Å². The summed E-state index contributed by atoms with van der Waals surface area (Å²) in [5, 5.41) is 6.57. The topological polar surface area (TPSA) is 63.5 Å². The molecule has 0 fully saturated rings. The number of hydrogen-bond acceptors (Lipinski definition) is 3. The van der Waals surface area contributed by atoms with Gasteiger partial charge in [0.1, 0.15) is 12.4 Å². The normalized spacial score (nSPS) is 11.2. The molecule has 2 aromatic carbocycles. The van der Waals surface area contributed by atoms with Gasteiger partial charge in [-0.3, -0.25) is 0 Å². The molecule has 0 spiro atoms. The second-order valence-corrected chi connectivity index (χ2v) is 6.33. The molecule has 0 aliphatic carbocycles. The van der Waals surface area contributed by atoms with E-state index in [-0.39, 0.29) is 0 Å². The summed E-state index contributed by atoms with van der Waals surface area (Å²) in [6, 6.07) is 18.3. The van der Waals surface area contributed by atoms with Gasteiger partial charge in [-0.1, -0.05) is 42.5 Å². The lowest BCUT2D eigenvalue weighted by atomic mass is 10.1. The van der Waals surface area contributed by atoms with Crippen LogP contribution in [-0.4, -0.2) is 35.2 Å². The summed E-state index contributed by atoms with van der Waals surface area (Å²) in [4.78, 5) is 8.73. The summed E-state index contributed by atoms with van der Waals surface area (Å²) < 4.78 is 7.76. The fraction of sp³-hybridized carbons (Fsp3) is 0.273. The number of ether oxygens (including phenoxy) is 1. The van der Waals surface area contributed by atoms with Crippen LogP contribution >= 0.6 is 0 Å². The Morgan fingerprint density at radius 2 is 1.82 bits per heavy atom. The Balaban J connectivity index is 1.46. The minimum Gasteiger partial charge on any atom is -0.492 e. The molecular weight excluding hydrogens is 350 g/mol. The van der Waals surface area contributed by atoms with E-state index >= 15 is 0 Å². The number of aromatic nitrogens is 2. The number of benzene rings is 2. The molecule has 0 aliphatic rings. The zero-order valence-electron chi connectivity index (χ0n) is 16.2. The molecule has 0 atom stereocenters. The van der Waals surface area contributed by atoms with E-state index in [2.05, 4.69) is 56.4 Å². The highest BCUT2D eigenvalue weighted by Gasteiger charge is 2.00. The van der Waals surface area contributed by atoms with E-state index in [0.29, 0.717) is 19.7 Å². The molecule has 0 aliphatic heterocycles. The van der Waals surface area contributed by atoms with Gasteiger partial charge in [-0.2, -0.15) is 0 Å². The molecule has 146 valence electrons. The minimum atomic E-state index is 0.581. The average Bonchev–Trinajstić information content (AvgIpc) is 3.24. The van der Waals surface area contributed by atoms with Gasteiger partial charge in [0.05, 0.1) is 19.4 Å². The van der Waals surface area contributed by atoms with Gasteiger partial charge in [-0.25, -0.2) is 9.98 Å². The molecule has 1 heterocycles. The Morgan fingerprint density at radius 3 is 2.54 bits per heavy atom. The Hall–Kier alpha value is -3.28. The summed E-state index contributed by atoms with van der Waals surface area (Å²) in [6.45, 7) is 5.59. The molecule has 0 bridgehead atoms. The van der Waals surface area contributed by atoms with Gasteiger partial charge < -0.3 is 19.9 Å². The molecule has 0 amide bonds. The predicted octanol–water partition coefficient (Wildman–Crippen LogP) is 3.07. The van der Waals surface area contributed by atoms with Crippen molar-refractivity contribution in [3.63, 3.8) is 0 Å². The molecule has 0 saturated carbocycles. The maximum absolute atomic E-state index is 5.70. The van der Waals surface area contributed by atoms with Crippen molar-refractivity contribution in [2.24, 2.45) is 4.99 Å². The zero-order chi connectivity index (χ0) is 19.4. The lowest BCUT2D eigenvalue weighted by molar-refractivity contribution is 0.322. The quantitative estimate of drug-likeness (QED) is 0.342. The highest BCUT2D eigenvalue weighted by atomic mass is 16.5. The fourth-order valence-corrected chi connectivity index (χ4v) is 2.71. The summed E-state index contributed by atoms with van der Waals surface area (Å²) in [5.41, 5.74) is 2.42. The van der Waals surface area contributed by atoms with E-state index in [4.69, 9.17) is 4.74 Å². The minimum absolute atomic E-state index is 0.581. The van der Waals surface area contributed by atoms with Gasteiger partial charge in [0.25, 0.3) is 0 Å². The second-order valence-electron chi connectivity index (χ2n) is 6.33. The van der Waals surface area contributed by atoms with Gasteiger partial charge in [-0.15, -0.1) is 0 Å². The van der Waals surface area contributed by atoms with E-state index in [0.717, 1.165) is 24.8 Å². The number of nitrogens with one attached hydrogen (secondary N) is 2. The van der Waals surface area contributed by atoms with Crippen molar-refractivity contribution < 1.29 is 4.74 Å². The molecule has 0 radical (unpaired) electrons. The summed E-state index contributed by atoms with van der Waals surface area (Å²) in [7, 11) is 0. The number of guanidine groups is 1. The Labute approximate surface area is 166 Å². The Morgan fingerprint density at radius 1 is 1.04 bits per heavy atom. The average molecular weight is 377 g/mol. The van der Waals surface area contributed by atoms with Crippen molar-refractivity contribution in [1.29, 1.82) is 0 Å². The second kappa shape index (κ2) is 10.8. The molecule has 6 heteroatoms. The van der Waals surface area contributed by atoms with Crippen molar-refractivity contribution in [2.45, 2.75) is 20.0 Å². The Bertz CT molecular complexity index is 829.